The zero-order chi connectivity index (χ0) is 22.3. The van der Waals surface area contributed by atoms with Crippen LogP contribution in [0.4, 0.5) is 0 Å². The Morgan fingerprint density at radius 3 is 2.39 bits per heavy atom. The molecule has 0 aromatic heterocycles. The molecule has 1 aromatic rings. The Labute approximate surface area is 189 Å². The first kappa shape index (κ1) is 23.8. The monoisotopic (exact) mass is 426 g/mol. The molecule has 0 radical (unpaired) electrons. The molecule has 4 nitrogen and oxygen atoms in total. The van der Waals surface area contributed by atoms with Crippen LogP contribution in [0.25, 0.3) is 0 Å². The Kier molecular flexibility index (Phi) is 8.59. The number of aryl methyl sites for hydroxylation is 1. The van der Waals surface area contributed by atoms with Gasteiger partial charge < -0.3 is 9.64 Å². The summed E-state index contributed by atoms with van der Waals surface area (Å²) < 4.78 is 6.10. The third-order valence-corrected chi connectivity index (χ3v) is 6.34. The van der Waals surface area contributed by atoms with Crippen molar-refractivity contribution < 1.29 is 9.53 Å². The Morgan fingerprint density at radius 2 is 1.74 bits per heavy atom. The van der Waals surface area contributed by atoms with Crippen LogP contribution < -0.4 is 4.74 Å². The van der Waals surface area contributed by atoms with E-state index in [4.69, 9.17) is 4.74 Å². The van der Waals surface area contributed by atoms with Crippen molar-refractivity contribution in [2.75, 3.05) is 39.3 Å². The molecule has 0 unspecified atom stereocenters. The van der Waals surface area contributed by atoms with Gasteiger partial charge in [0.25, 0.3) is 0 Å². The van der Waals surface area contributed by atoms with Gasteiger partial charge in [-0.25, -0.2) is 0 Å². The number of allylic oxidation sites excluding steroid dienone is 2. The van der Waals surface area contributed by atoms with Crippen LogP contribution in [-0.2, 0) is 10.2 Å². The van der Waals surface area contributed by atoms with Gasteiger partial charge in [-0.3, -0.25) is 9.69 Å². The van der Waals surface area contributed by atoms with Crippen LogP contribution in [0.5, 0.6) is 5.75 Å². The predicted octanol–water partition coefficient (Wildman–Crippen LogP) is 5.34. The SMILES string of the molecule is Cc1ccc(OCCC/C=C\CCCN2CCN(C(=O)C3CC3)CC2)c(C(C)(C)C)c1. The number of rotatable bonds is 10. The number of amides is 1. The van der Waals surface area contributed by atoms with Crippen molar-refractivity contribution in [3.8, 4) is 5.75 Å². The normalized spacial score (nSPS) is 18.0. The van der Waals surface area contributed by atoms with E-state index in [1.165, 1.54) is 17.5 Å². The van der Waals surface area contributed by atoms with E-state index in [2.05, 4.69) is 67.8 Å². The molecule has 1 aliphatic heterocycles. The van der Waals surface area contributed by atoms with Gasteiger partial charge in [0, 0.05) is 32.1 Å². The zero-order valence-electron chi connectivity index (χ0n) is 20.2. The number of ether oxygens (including phenoxy) is 1. The van der Waals surface area contributed by atoms with Gasteiger partial charge in [0.1, 0.15) is 5.75 Å². The number of carbonyl (C=O) groups excluding carboxylic acids is 1. The summed E-state index contributed by atoms with van der Waals surface area (Å²) in [6.45, 7) is 14.7. The molecule has 0 bridgehead atoms. The van der Waals surface area contributed by atoms with Crippen molar-refractivity contribution in [1.82, 2.24) is 9.80 Å². The van der Waals surface area contributed by atoms with E-state index >= 15 is 0 Å². The summed E-state index contributed by atoms with van der Waals surface area (Å²) >= 11 is 0. The summed E-state index contributed by atoms with van der Waals surface area (Å²) in [5.74, 6) is 1.80. The number of carbonyl (C=O) groups is 1. The van der Waals surface area contributed by atoms with Crippen molar-refractivity contribution in [3.63, 3.8) is 0 Å². The number of unbranched alkanes of at least 4 members (excludes halogenated alkanes) is 2. The van der Waals surface area contributed by atoms with Gasteiger partial charge in [-0.1, -0.05) is 50.6 Å². The van der Waals surface area contributed by atoms with Crippen molar-refractivity contribution in [2.45, 2.75) is 71.6 Å². The zero-order valence-corrected chi connectivity index (χ0v) is 20.2. The Hall–Kier alpha value is -1.81. The van der Waals surface area contributed by atoms with Crippen LogP contribution in [0.1, 0.15) is 70.4 Å². The maximum absolute atomic E-state index is 12.1. The molecule has 1 aromatic carbocycles. The highest BCUT2D eigenvalue weighted by atomic mass is 16.5. The lowest BCUT2D eigenvalue weighted by atomic mass is 9.85. The van der Waals surface area contributed by atoms with Gasteiger partial charge in [0.15, 0.2) is 0 Å². The number of nitrogens with zero attached hydrogens (tertiary/aromatic N) is 2. The summed E-state index contributed by atoms with van der Waals surface area (Å²) in [5, 5.41) is 0. The minimum atomic E-state index is 0.0979. The van der Waals surface area contributed by atoms with E-state index in [1.807, 2.05) is 0 Å². The van der Waals surface area contributed by atoms with Crippen LogP contribution in [0.15, 0.2) is 30.4 Å². The standard InChI is InChI=1S/C27H42N2O2/c1-22-11-14-25(24(21-22)27(2,3)4)31-20-10-8-6-5-7-9-15-28-16-18-29(19-17-28)26(30)23-12-13-23/h5-6,11,14,21,23H,7-10,12-13,15-20H2,1-4H3/b6-5-. The maximum atomic E-state index is 12.1. The first-order valence-corrected chi connectivity index (χ1v) is 12.2. The van der Waals surface area contributed by atoms with Crippen LogP contribution in [0.3, 0.4) is 0 Å². The predicted molar refractivity (Wildman–Crippen MR) is 129 cm³/mol. The summed E-state index contributed by atoms with van der Waals surface area (Å²) in [6.07, 6.45) is 11.3. The molecule has 3 rings (SSSR count). The van der Waals surface area contributed by atoms with Gasteiger partial charge in [0.05, 0.1) is 6.61 Å². The van der Waals surface area contributed by atoms with Crippen LogP contribution >= 0.6 is 0 Å². The molecule has 0 atom stereocenters. The quantitative estimate of drug-likeness (QED) is 0.374. The van der Waals surface area contributed by atoms with Gasteiger partial charge in [-0.05, 0) is 69.0 Å². The van der Waals surface area contributed by atoms with Crippen LogP contribution in [-0.4, -0.2) is 55.0 Å². The van der Waals surface area contributed by atoms with Crippen LogP contribution in [0.2, 0.25) is 0 Å². The molecule has 0 N–H and O–H groups in total. The fourth-order valence-electron chi connectivity index (χ4n) is 4.19. The van der Waals surface area contributed by atoms with Crippen LogP contribution in [0, 0.1) is 12.8 Å². The summed E-state index contributed by atoms with van der Waals surface area (Å²) in [5.41, 5.74) is 2.68. The van der Waals surface area contributed by atoms with E-state index in [1.54, 1.807) is 0 Å². The highest BCUT2D eigenvalue weighted by molar-refractivity contribution is 5.81. The molecule has 2 aliphatic rings. The molecule has 4 heteroatoms. The number of hydrogen-bond acceptors (Lipinski definition) is 3. The molecule has 1 heterocycles. The molecule has 31 heavy (non-hydrogen) atoms. The molecule has 1 amide bonds. The van der Waals surface area contributed by atoms with Gasteiger partial charge >= 0.3 is 0 Å². The molecule has 2 fully saturated rings. The second kappa shape index (κ2) is 11.2. The average molecular weight is 427 g/mol. The number of piperazine rings is 1. The summed E-state index contributed by atoms with van der Waals surface area (Å²) in [7, 11) is 0. The second-order valence-electron chi connectivity index (χ2n) is 10.3. The van der Waals surface area contributed by atoms with Crippen molar-refractivity contribution >= 4 is 5.91 Å². The smallest absolute Gasteiger partial charge is 0.225 e. The first-order chi connectivity index (χ1) is 14.8. The largest absolute Gasteiger partial charge is 0.493 e. The highest BCUT2D eigenvalue weighted by Crippen LogP contribution is 2.32. The van der Waals surface area contributed by atoms with Gasteiger partial charge in [-0.2, -0.15) is 0 Å². The second-order valence-corrected chi connectivity index (χ2v) is 10.3. The Balaban J connectivity index is 1.24. The van der Waals surface area contributed by atoms with E-state index in [0.29, 0.717) is 11.8 Å². The molecule has 0 spiro atoms. The topological polar surface area (TPSA) is 32.8 Å². The van der Waals surface area contributed by atoms with E-state index in [-0.39, 0.29) is 5.41 Å². The van der Waals surface area contributed by atoms with Crippen molar-refractivity contribution in [2.24, 2.45) is 5.92 Å². The lowest BCUT2D eigenvalue weighted by Gasteiger charge is -2.34. The molecule has 1 aliphatic carbocycles. The summed E-state index contributed by atoms with van der Waals surface area (Å²) in [6, 6.07) is 6.50. The van der Waals surface area contributed by atoms with E-state index < -0.39 is 0 Å². The summed E-state index contributed by atoms with van der Waals surface area (Å²) in [4.78, 5) is 16.7. The minimum Gasteiger partial charge on any atom is -0.493 e. The fraction of sp³-hybridized carbons (Fsp3) is 0.667. The molecular formula is C27H42N2O2. The minimum absolute atomic E-state index is 0.0979. The molecule has 1 saturated heterocycles. The Bertz CT molecular complexity index is 738. The van der Waals surface area contributed by atoms with Gasteiger partial charge in [0.2, 0.25) is 5.91 Å². The third-order valence-electron chi connectivity index (χ3n) is 6.34. The van der Waals surface area contributed by atoms with Crippen molar-refractivity contribution in [3.05, 3.63) is 41.5 Å². The molecule has 172 valence electrons. The number of benzene rings is 1. The average Bonchev–Trinajstić information content (AvgIpc) is 3.58. The van der Waals surface area contributed by atoms with Gasteiger partial charge in [-0.15, -0.1) is 0 Å². The lowest BCUT2D eigenvalue weighted by Crippen LogP contribution is -2.49. The molecular weight excluding hydrogens is 384 g/mol. The first-order valence-electron chi connectivity index (χ1n) is 12.2. The highest BCUT2D eigenvalue weighted by Gasteiger charge is 2.34. The van der Waals surface area contributed by atoms with E-state index in [0.717, 1.165) is 77.2 Å². The third kappa shape index (κ3) is 7.68. The fourth-order valence-corrected chi connectivity index (χ4v) is 4.19. The lowest BCUT2D eigenvalue weighted by molar-refractivity contribution is -0.134. The maximum Gasteiger partial charge on any atom is 0.225 e. The van der Waals surface area contributed by atoms with Crippen molar-refractivity contribution in [1.29, 1.82) is 0 Å². The van der Waals surface area contributed by atoms with E-state index in [9.17, 15) is 4.79 Å². The number of hydrogen-bond donors (Lipinski definition) is 0. The Morgan fingerprint density at radius 1 is 1.06 bits per heavy atom. The molecule has 1 saturated carbocycles.